The van der Waals surface area contributed by atoms with E-state index in [9.17, 15) is 0 Å². The lowest BCUT2D eigenvalue weighted by atomic mass is 9.82. The van der Waals surface area contributed by atoms with Gasteiger partial charge in [0.2, 0.25) is 0 Å². The Morgan fingerprint density at radius 1 is 0.238 bits per heavy atom. The number of anilines is 12. The van der Waals surface area contributed by atoms with Crippen molar-refractivity contribution >= 4 is 185 Å². The van der Waals surface area contributed by atoms with Crippen molar-refractivity contribution in [3.63, 3.8) is 0 Å². The number of furan rings is 1. The van der Waals surface area contributed by atoms with E-state index in [4.69, 9.17) is 4.42 Å². The number of hydrogen-bond donors (Lipinski definition) is 0. The summed E-state index contributed by atoms with van der Waals surface area (Å²) in [5.41, 5.74) is 20.2. The molecular formula is C93H64N4OS3. The van der Waals surface area contributed by atoms with Crippen molar-refractivity contribution in [3.05, 3.63) is 363 Å². The zero-order valence-electron chi connectivity index (χ0n) is 55.4. The molecule has 5 nitrogen and oxygen atoms in total. The number of benzene rings is 15. The molecule has 1 aliphatic rings. The summed E-state index contributed by atoms with van der Waals surface area (Å²) >= 11 is 5.56. The van der Waals surface area contributed by atoms with Gasteiger partial charge in [0.1, 0.15) is 5.58 Å². The van der Waals surface area contributed by atoms with E-state index in [1.165, 1.54) is 82.8 Å². The average molecular weight is 1350 g/mol. The molecule has 0 bridgehead atoms. The van der Waals surface area contributed by atoms with Gasteiger partial charge in [0.15, 0.2) is 5.58 Å². The second-order valence-electron chi connectivity index (χ2n) is 26.3. The molecule has 0 fully saturated rings. The molecule has 0 aliphatic heterocycles. The number of para-hydroxylation sites is 6. The van der Waals surface area contributed by atoms with Crippen LogP contribution in [0.5, 0.6) is 0 Å². The van der Waals surface area contributed by atoms with Crippen LogP contribution in [0.15, 0.2) is 356 Å². The quantitative estimate of drug-likeness (QED) is 0.121. The number of rotatable bonds is 12. The van der Waals surface area contributed by atoms with Gasteiger partial charge >= 0.3 is 0 Å². The molecule has 0 amide bonds. The average Bonchev–Trinajstić information content (AvgIpc) is 1.59. The third-order valence-electron chi connectivity index (χ3n) is 20.1. The highest BCUT2D eigenvalue weighted by Crippen LogP contribution is 2.54. The van der Waals surface area contributed by atoms with Gasteiger partial charge < -0.3 is 24.0 Å². The molecule has 4 aromatic heterocycles. The maximum atomic E-state index is 7.02. The molecule has 19 aromatic rings. The highest BCUT2D eigenvalue weighted by molar-refractivity contribution is 7.26. The van der Waals surface area contributed by atoms with Gasteiger partial charge in [-0.1, -0.05) is 202 Å². The maximum Gasteiger partial charge on any atom is 0.159 e. The smallest absolute Gasteiger partial charge is 0.159 e. The lowest BCUT2D eigenvalue weighted by Crippen LogP contribution is -2.16. The SMILES string of the molecule is CC1(C)c2ccccc2-c2ccc(N(c3ccc4c(c3)sc3ccccc34)c3cccc4c3oc3cccc(N(c5ccccc5)c5ccccc5)c34)cc21.c1ccc(N(c2ccc3c(c2)sc2ccc(N(c4ccccc4)c4ccccc4)cc23)c2ccc3sc4ccccc4c3c2)cc1. The Hall–Kier alpha value is -12.0. The van der Waals surface area contributed by atoms with Crippen LogP contribution in [0.4, 0.5) is 68.2 Å². The molecule has 101 heavy (non-hydrogen) atoms. The van der Waals surface area contributed by atoms with Gasteiger partial charge in [-0.3, -0.25) is 0 Å². The van der Waals surface area contributed by atoms with Gasteiger partial charge in [-0.05, 0) is 186 Å². The van der Waals surface area contributed by atoms with Crippen LogP contribution in [0.1, 0.15) is 25.0 Å². The van der Waals surface area contributed by atoms with Gasteiger partial charge in [-0.25, -0.2) is 0 Å². The number of nitrogens with zero attached hydrogens (tertiary/aromatic N) is 4. The molecule has 20 rings (SSSR count). The zero-order valence-corrected chi connectivity index (χ0v) is 57.9. The molecule has 15 aromatic carbocycles. The van der Waals surface area contributed by atoms with Crippen LogP contribution in [-0.2, 0) is 5.41 Å². The molecule has 480 valence electrons. The lowest BCUT2D eigenvalue weighted by Gasteiger charge is -2.28. The minimum atomic E-state index is -0.137. The van der Waals surface area contributed by atoms with Gasteiger partial charge in [-0.15, -0.1) is 34.0 Å². The molecule has 8 heteroatoms. The van der Waals surface area contributed by atoms with Crippen LogP contribution in [0.3, 0.4) is 0 Å². The van der Waals surface area contributed by atoms with Crippen LogP contribution in [0.25, 0.3) is 93.6 Å². The predicted molar refractivity (Wildman–Crippen MR) is 435 cm³/mol. The summed E-state index contributed by atoms with van der Waals surface area (Å²) in [7, 11) is 0. The van der Waals surface area contributed by atoms with Crippen molar-refractivity contribution in [2.24, 2.45) is 0 Å². The molecule has 4 heterocycles. The minimum absolute atomic E-state index is 0.137. The van der Waals surface area contributed by atoms with E-state index in [1.807, 2.05) is 34.0 Å². The second-order valence-corrected chi connectivity index (χ2v) is 29.6. The first kappa shape index (κ1) is 60.2. The fourth-order valence-corrected chi connectivity index (χ4v) is 18.7. The Kier molecular flexibility index (Phi) is 14.7. The largest absolute Gasteiger partial charge is 0.454 e. The van der Waals surface area contributed by atoms with Crippen LogP contribution in [-0.4, -0.2) is 0 Å². The monoisotopic (exact) mass is 1350 g/mol. The summed E-state index contributed by atoms with van der Waals surface area (Å²) in [6.07, 6.45) is 0. The van der Waals surface area contributed by atoms with Crippen molar-refractivity contribution in [1.82, 2.24) is 0 Å². The third-order valence-corrected chi connectivity index (χ3v) is 23.5. The highest BCUT2D eigenvalue weighted by atomic mass is 32.1. The molecule has 0 N–H and O–H groups in total. The summed E-state index contributed by atoms with van der Waals surface area (Å²) in [4.78, 5) is 9.45. The first-order chi connectivity index (χ1) is 49.8. The second kappa shape index (κ2) is 24.7. The molecule has 0 saturated carbocycles. The summed E-state index contributed by atoms with van der Waals surface area (Å²) in [6, 6.07) is 127. The standard InChI is InChI=1S/C51H36N2OS.C42H28N2S2/c1-51(2)42-22-11-9-19-37(42)38-29-27-35(31-43(38)51)53(36-28-30-40-39-20-10-12-26-47(39)55-48(40)32-36)45-24-13-21-41-49-44(23-14-25-46(49)54-50(41)45)52(33-15-5-3-6-16-33)34-17-7-4-8-18-34;1-4-12-29(13-5-1)43(30-14-6-2-7-15-30)32-21-25-41-38(26-32)36-23-20-34(28-42(36)46-41)44(31-16-8-3-9-17-31)33-22-24-40-37(27-33)35-18-10-11-19-39(35)45-40/h3-32H,1-2H3;1-28H. The Morgan fingerprint density at radius 3 is 1.18 bits per heavy atom. The van der Waals surface area contributed by atoms with Crippen LogP contribution < -0.4 is 19.6 Å². The van der Waals surface area contributed by atoms with Crippen molar-refractivity contribution in [1.29, 1.82) is 0 Å². The van der Waals surface area contributed by atoms with Gasteiger partial charge in [0.25, 0.3) is 0 Å². The van der Waals surface area contributed by atoms with Crippen LogP contribution in [0.2, 0.25) is 0 Å². The number of fused-ring (bicyclic) bond motifs is 15. The Morgan fingerprint density at radius 2 is 0.604 bits per heavy atom. The van der Waals surface area contributed by atoms with E-state index in [0.717, 1.165) is 90.2 Å². The van der Waals surface area contributed by atoms with Crippen LogP contribution in [0, 0.1) is 0 Å². The summed E-state index contributed by atoms with van der Waals surface area (Å²) in [5, 5.41) is 9.90. The van der Waals surface area contributed by atoms with E-state index < -0.39 is 0 Å². The topological polar surface area (TPSA) is 26.1 Å². The molecule has 0 radical (unpaired) electrons. The highest BCUT2D eigenvalue weighted by Gasteiger charge is 2.36. The van der Waals surface area contributed by atoms with Crippen molar-refractivity contribution in [3.8, 4) is 11.1 Å². The number of thiophene rings is 3. The Labute approximate surface area is 597 Å². The van der Waals surface area contributed by atoms with Crippen molar-refractivity contribution in [2.75, 3.05) is 19.6 Å². The fraction of sp³-hybridized carbons (Fsp3) is 0.0323. The zero-order chi connectivity index (χ0) is 67.1. The Balaban J connectivity index is 0.000000142. The lowest BCUT2D eigenvalue weighted by molar-refractivity contribution is 0.660. The Bertz CT molecular complexity index is 6260. The van der Waals surface area contributed by atoms with Crippen molar-refractivity contribution < 1.29 is 4.42 Å². The first-order valence-electron chi connectivity index (χ1n) is 34.3. The van der Waals surface area contributed by atoms with Crippen LogP contribution >= 0.6 is 34.0 Å². The van der Waals surface area contributed by atoms with E-state index in [-0.39, 0.29) is 5.41 Å². The molecule has 0 unspecified atom stereocenters. The minimum Gasteiger partial charge on any atom is -0.454 e. The summed E-state index contributed by atoms with van der Waals surface area (Å²) < 4.78 is 14.8. The van der Waals surface area contributed by atoms with Gasteiger partial charge in [0, 0.05) is 128 Å². The van der Waals surface area contributed by atoms with E-state index in [0.29, 0.717) is 0 Å². The van der Waals surface area contributed by atoms with Gasteiger partial charge in [-0.2, -0.15) is 0 Å². The predicted octanol–water partition coefficient (Wildman–Crippen LogP) is 28.6. The summed E-state index contributed by atoms with van der Waals surface area (Å²) in [6.45, 7) is 4.70. The summed E-state index contributed by atoms with van der Waals surface area (Å²) in [5.74, 6) is 0. The molecular weight excluding hydrogens is 1290 g/mol. The third kappa shape index (κ3) is 10.4. The maximum absolute atomic E-state index is 7.02. The van der Waals surface area contributed by atoms with E-state index in [1.54, 1.807) is 0 Å². The van der Waals surface area contributed by atoms with Crippen molar-refractivity contribution in [2.45, 2.75) is 19.3 Å². The first-order valence-corrected chi connectivity index (χ1v) is 36.7. The van der Waals surface area contributed by atoms with E-state index in [2.05, 4.69) is 385 Å². The molecule has 0 spiro atoms. The van der Waals surface area contributed by atoms with E-state index >= 15 is 0 Å². The molecule has 0 saturated heterocycles. The normalized spacial score (nSPS) is 12.3. The molecule has 0 atom stereocenters. The molecule has 1 aliphatic carbocycles. The number of hydrogen-bond acceptors (Lipinski definition) is 8. The fourth-order valence-electron chi connectivity index (χ4n) is 15.4. The van der Waals surface area contributed by atoms with Gasteiger partial charge in [0.05, 0.1) is 16.8 Å².